The van der Waals surface area contributed by atoms with Crippen molar-refractivity contribution >= 4 is 11.9 Å². The number of amides is 1. The minimum absolute atomic E-state index is 0.0439. The highest BCUT2D eigenvalue weighted by atomic mass is 16.5. The monoisotopic (exact) mass is 291 g/mol. The fourth-order valence-electron chi connectivity index (χ4n) is 1.95. The van der Waals surface area contributed by atoms with Gasteiger partial charge in [-0.2, -0.15) is 0 Å². The highest BCUT2D eigenvalue weighted by Crippen LogP contribution is 2.27. The first kappa shape index (κ1) is 16.8. The molecular formula is C16H21NO4. The molecule has 114 valence electrons. The fourth-order valence-corrected chi connectivity index (χ4v) is 1.95. The molecule has 1 atom stereocenters. The number of nitrogens with one attached hydrogen (secondary N) is 1. The van der Waals surface area contributed by atoms with E-state index >= 15 is 0 Å². The molecule has 0 aliphatic carbocycles. The third-order valence-corrected chi connectivity index (χ3v) is 3.45. The average molecular weight is 291 g/mol. The molecule has 0 heterocycles. The molecule has 0 aliphatic heterocycles. The van der Waals surface area contributed by atoms with Gasteiger partial charge >= 0.3 is 5.97 Å². The van der Waals surface area contributed by atoms with Crippen LogP contribution < -0.4 is 10.1 Å². The molecule has 0 saturated heterocycles. The fraction of sp³-hybridized carbons (Fsp3) is 0.375. The predicted octanol–water partition coefficient (Wildman–Crippen LogP) is 2.68. The maximum atomic E-state index is 12.2. The second-order valence-electron chi connectivity index (χ2n) is 4.73. The van der Waals surface area contributed by atoms with E-state index in [1.54, 1.807) is 7.11 Å². The van der Waals surface area contributed by atoms with Gasteiger partial charge in [-0.3, -0.25) is 4.79 Å². The Morgan fingerprint density at radius 3 is 2.38 bits per heavy atom. The second kappa shape index (κ2) is 7.47. The van der Waals surface area contributed by atoms with Gasteiger partial charge in [-0.25, -0.2) is 4.79 Å². The lowest BCUT2D eigenvalue weighted by molar-refractivity contribution is -0.133. The van der Waals surface area contributed by atoms with Crippen molar-refractivity contribution < 1.29 is 19.4 Å². The third kappa shape index (κ3) is 4.08. The number of hydrogen-bond donors (Lipinski definition) is 2. The molecule has 0 aromatic heterocycles. The van der Waals surface area contributed by atoms with Crippen molar-refractivity contribution in [2.24, 2.45) is 0 Å². The summed E-state index contributed by atoms with van der Waals surface area (Å²) in [5.41, 5.74) is 1.12. The van der Waals surface area contributed by atoms with Crippen LogP contribution in [-0.4, -0.2) is 24.1 Å². The van der Waals surface area contributed by atoms with Crippen LogP contribution in [0.25, 0.3) is 0 Å². The second-order valence-corrected chi connectivity index (χ2v) is 4.73. The summed E-state index contributed by atoms with van der Waals surface area (Å²) in [5, 5.41) is 11.8. The Morgan fingerprint density at radius 2 is 1.86 bits per heavy atom. The van der Waals surface area contributed by atoms with Crippen molar-refractivity contribution in [1.82, 2.24) is 5.32 Å². The zero-order chi connectivity index (χ0) is 16.0. The maximum Gasteiger partial charge on any atom is 0.331 e. The molecule has 0 aliphatic rings. The molecule has 1 aromatic rings. The van der Waals surface area contributed by atoms with Gasteiger partial charge in [-0.05, 0) is 26.3 Å². The van der Waals surface area contributed by atoms with Crippen molar-refractivity contribution in [3.05, 3.63) is 41.0 Å². The smallest absolute Gasteiger partial charge is 0.331 e. The number of carbonyl (C=O) groups is 2. The largest absolute Gasteiger partial charge is 0.496 e. The summed E-state index contributed by atoms with van der Waals surface area (Å²) >= 11 is 0. The Bertz CT molecular complexity index is 563. The Labute approximate surface area is 124 Å². The van der Waals surface area contributed by atoms with Crippen LogP contribution in [0.1, 0.15) is 38.8 Å². The van der Waals surface area contributed by atoms with Gasteiger partial charge in [0.2, 0.25) is 5.91 Å². The van der Waals surface area contributed by atoms with Crippen LogP contribution >= 0.6 is 0 Å². The molecule has 21 heavy (non-hydrogen) atoms. The standard InChI is InChI=1S/C16H21NO4/c1-5-13(12-8-6-7-9-14(12)21-4)17-15(18)10(2)11(3)16(19)20/h6-9,13H,5H2,1-4H3,(H,17,18)(H,19,20). The van der Waals surface area contributed by atoms with Crippen LogP contribution in [-0.2, 0) is 9.59 Å². The van der Waals surface area contributed by atoms with E-state index in [4.69, 9.17) is 9.84 Å². The van der Waals surface area contributed by atoms with Crippen molar-refractivity contribution in [2.45, 2.75) is 33.2 Å². The van der Waals surface area contributed by atoms with E-state index in [0.29, 0.717) is 12.2 Å². The number of methoxy groups -OCH3 is 1. The molecule has 0 fully saturated rings. The lowest BCUT2D eigenvalue weighted by atomic mass is 10.0. The number of carboxylic acids is 1. The van der Waals surface area contributed by atoms with Crippen molar-refractivity contribution in [2.75, 3.05) is 7.11 Å². The molecule has 5 heteroatoms. The lowest BCUT2D eigenvalue weighted by Gasteiger charge is -2.20. The molecule has 1 aromatic carbocycles. The van der Waals surface area contributed by atoms with E-state index in [1.165, 1.54) is 13.8 Å². The minimum atomic E-state index is -1.09. The van der Waals surface area contributed by atoms with Crippen LogP contribution in [0.2, 0.25) is 0 Å². The van der Waals surface area contributed by atoms with Gasteiger partial charge in [0.25, 0.3) is 0 Å². The molecule has 0 radical (unpaired) electrons. The van der Waals surface area contributed by atoms with Gasteiger partial charge in [0, 0.05) is 16.7 Å². The minimum Gasteiger partial charge on any atom is -0.496 e. The number of aliphatic carboxylic acids is 1. The molecule has 0 saturated carbocycles. The molecule has 5 nitrogen and oxygen atoms in total. The van der Waals surface area contributed by atoms with E-state index in [9.17, 15) is 9.59 Å². The highest BCUT2D eigenvalue weighted by Gasteiger charge is 2.19. The summed E-state index contributed by atoms with van der Waals surface area (Å²) in [6.45, 7) is 4.87. The van der Waals surface area contributed by atoms with Crippen LogP contribution in [0.4, 0.5) is 0 Å². The van der Waals surface area contributed by atoms with Crippen molar-refractivity contribution in [3.63, 3.8) is 0 Å². The molecule has 0 bridgehead atoms. The summed E-state index contributed by atoms with van der Waals surface area (Å²) < 4.78 is 5.30. The summed E-state index contributed by atoms with van der Waals surface area (Å²) in [6.07, 6.45) is 0.672. The van der Waals surface area contributed by atoms with Gasteiger partial charge in [0.05, 0.1) is 13.2 Å². The number of carbonyl (C=O) groups excluding carboxylic acids is 1. The topological polar surface area (TPSA) is 75.6 Å². The number of ether oxygens (including phenoxy) is 1. The Morgan fingerprint density at radius 1 is 1.24 bits per heavy atom. The van der Waals surface area contributed by atoms with E-state index in [0.717, 1.165) is 5.56 Å². The van der Waals surface area contributed by atoms with Gasteiger partial charge in [-0.1, -0.05) is 25.1 Å². The van der Waals surface area contributed by atoms with Crippen LogP contribution in [0.3, 0.4) is 0 Å². The summed E-state index contributed by atoms with van der Waals surface area (Å²) in [5.74, 6) is -0.776. The lowest BCUT2D eigenvalue weighted by Crippen LogP contribution is -2.30. The van der Waals surface area contributed by atoms with Crippen molar-refractivity contribution in [1.29, 1.82) is 0 Å². The Hall–Kier alpha value is -2.30. The Balaban J connectivity index is 3.01. The molecule has 1 rings (SSSR count). The highest BCUT2D eigenvalue weighted by molar-refractivity contribution is 6.01. The van der Waals surface area contributed by atoms with E-state index in [2.05, 4.69) is 5.32 Å². The number of hydrogen-bond acceptors (Lipinski definition) is 3. The van der Waals surface area contributed by atoms with Crippen LogP contribution in [0, 0.1) is 0 Å². The van der Waals surface area contributed by atoms with E-state index in [-0.39, 0.29) is 23.1 Å². The maximum absolute atomic E-state index is 12.2. The summed E-state index contributed by atoms with van der Waals surface area (Å²) in [7, 11) is 1.58. The zero-order valence-corrected chi connectivity index (χ0v) is 12.8. The first-order chi connectivity index (χ1) is 9.92. The number of rotatable bonds is 6. The first-order valence-corrected chi connectivity index (χ1v) is 6.76. The zero-order valence-electron chi connectivity index (χ0n) is 12.8. The summed E-state index contributed by atoms with van der Waals surface area (Å²) in [6, 6.07) is 7.21. The number of para-hydroxylation sites is 1. The average Bonchev–Trinajstić information content (AvgIpc) is 2.50. The molecule has 1 amide bonds. The number of carboxylic acid groups (broad SMARTS) is 1. The molecule has 2 N–H and O–H groups in total. The molecule has 1 unspecified atom stereocenters. The normalized spacial score (nSPS) is 13.1. The first-order valence-electron chi connectivity index (χ1n) is 6.76. The Kier molecular flexibility index (Phi) is 5.96. The SMILES string of the molecule is CCC(NC(=O)C(C)=C(C)C(=O)O)c1ccccc1OC. The van der Waals surface area contributed by atoms with Crippen LogP contribution in [0.5, 0.6) is 5.75 Å². The third-order valence-electron chi connectivity index (χ3n) is 3.45. The van der Waals surface area contributed by atoms with Gasteiger partial charge in [-0.15, -0.1) is 0 Å². The van der Waals surface area contributed by atoms with Gasteiger partial charge < -0.3 is 15.2 Å². The molecular weight excluding hydrogens is 270 g/mol. The predicted molar refractivity (Wildman–Crippen MR) is 80.2 cm³/mol. The van der Waals surface area contributed by atoms with E-state index < -0.39 is 5.97 Å². The van der Waals surface area contributed by atoms with Gasteiger partial charge in [0.15, 0.2) is 0 Å². The quantitative estimate of drug-likeness (QED) is 0.790. The van der Waals surface area contributed by atoms with E-state index in [1.807, 2.05) is 31.2 Å². The van der Waals surface area contributed by atoms with Gasteiger partial charge in [0.1, 0.15) is 5.75 Å². The summed E-state index contributed by atoms with van der Waals surface area (Å²) in [4.78, 5) is 23.1. The number of benzene rings is 1. The van der Waals surface area contributed by atoms with Crippen molar-refractivity contribution in [3.8, 4) is 5.75 Å². The molecule has 0 spiro atoms. The van der Waals surface area contributed by atoms with Crippen LogP contribution in [0.15, 0.2) is 35.4 Å².